The topological polar surface area (TPSA) is 77.0 Å². The highest BCUT2D eigenvalue weighted by Gasteiger charge is 2.10. The quantitative estimate of drug-likeness (QED) is 0.738. The minimum Gasteiger partial charge on any atom is -0.506 e. The van der Waals surface area contributed by atoms with Crippen LogP contribution in [0.1, 0.15) is 11.1 Å². The molecule has 1 aromatic carbocycles. The van der Waals surface area contributed by atoms with E-state index in [4.69, 9.17) is 22.4 Å². The molecule has 0 atom stereocenters. The fourth-order valence-electron chi connectivity index (χ4n) is 0.851. The second kappa shape index (κ2) is 3.66. The molecule has 0 saturated carbocycles. The number of phenols is 1. The van der Waals surface area contributed by atoms with Crippen LogP contribution in [0.2, 0.25) is 0 Å². The molecule has 0 heterocycles. The first-order valence-electron chi connectivity index (χ1n) is 3.18. The molecule has 0 spiro atoms. The second-order valence-corrected chi connectivity index (χ2v) is 2.32. The van der Waals surface area contributed by atoms with Gasteiger partial charge in [0.25, 0.3) is 0 Å². The normalized spacial score (nSPS) is 8.54. The van der Waals surface area contributed by atoms with Crippen molar-refractivity contribution in [2.75, 3.05) is 0 Å². The maximum Gasteiger partial charge on any atom is 0.151 e. The number of hydrogen-bond acceptors (Lipinski definition) is 4. The van der Waals surface area contributed by atoms with E-state index >= 15 is 0 Å². The highest BCUT2D eigenvalue weighted by atomic mass is 35.5. The van der Waals surface area contributed by atoms with Gasteiger partial charge < -0.3 is 9.40 Å². The Morgan fingerprint density at radius 3 is 2.46 bits per heavy atom. The first-order chi connectivity index (χ1) is 6.22. The maximum atomic E-state index is 9.22. The van der Waals surface area contributed by atoms with Crippen molar-refractivity contribution < 1.29 is 9.40 Å². The summed E-state index contributed by atoms with van der Waals surface area (Å²) >= 11 is 5.02. The Morgan fingerprint density at radius 1 is 1.31 bits per heavy atom. The lowest BCUT2D eigenvalue weighted by Crippen LogP contribution is -1.86. The minimum atomic E-state index is -0.322. The Balaban J connectivity index is 3.42. The van der Waals surface area contributed by atoms with Crippen molar-refractivity contribution in [3.8, 4) is 23.6 Å². The van der Waals surface area contributed by atoms with Gasteiger partial charge in [0.1, 0.15) is 35.3 Å². The van der Waals surface area contributed by atoms with Crippen LogP contribution in [0.25, 0.3) is 0 Å². The molecular formula is C8H3ClN2O2. The lowest BCUT2D eigenvalue weighted by molar-refractivity contribution is 0.469. The van der Waals surface area contributed by atoms with Gasteiger partial charge in [-0.15, -0.1) is 0 Å². The van der Waals surface area contributed by atoms with E-state index in [-0.39, 0.29) is 22.6 Å². The average molecular weight is 195 g/mol. The van der Waals surface area contributed by atoms with Crippen molar-refractivity contribution in [2.45, 2.75) is 0 Å². The Kier molecular flexibility index (Phi) is 2.59. The van der Waals surface area contributed by atoms with Crippen molar-refractivity contribution in [2.24, 2.45) is 0 Å². The van der Waals surface area contributed by atoms with Crippen LogP contribution in [0, 0.1) is 22.7 Å². The number of halogens is 1. The predicted octanol–water partition coefficient (Wildman–Crippen LogP) is 1.67. The van der Waals surface area contributed by atoms with E-state index in [1.807, 2.05) is 0 Å². The first-order valence-corrected chi connectivity index (χ1v) is 3.49. The standard InChI is InChI=1S/C8H3ClN2O2/c9-13-6-1-5(3-10)7(4-11)8(12)2-6/h1-2,12H. The van der Waals surface area contributed by atoms with Gasteiger partial charge in [-0.2, -0.15) is 10.5 Å². The lowest BCUT2D eigenvalue weighted by atomic mass is 10.1. The zero-order valence-electron chi connectivity index (χ0n) is 6.28. The van der Waals surface area contributed by atoms with Crippen molar-refractivity contribution in [1.29, 1.82) is 10.5 Å². The number of aromatic hydroxyl groups is 1. The van der Waals surface area contributed by atoms with Crippen molar-refractivity contribution >= 4 is 11.9 Å². The fraction of sp³-hybridized carbons (Fsp3) is 0. The van der Waals surface area contributed by atoms with Crippen LogP contribution in [-0.2, 0) is 0 Å². The molecule has 1 N–H and O–H groups in total. The molecule has 0 aliphatic carbocycles. The third kappa shape index (κ3) is 1.64. The summed E-state index contributed by atoms with van der Waals surface area (Å²) in [6.45, 7) is 0. The molecule has 0 saturated heterocycles. The monoisotopic (exact) mass is 194 g/mol. The van der Waals surface area contributed by atoms with Crippen LogP contribution in [0.5, 0.6) is 11.5 Å². The fourth-order valence-corrected chi connectivity index (χ4v) is 0.940. The van der Waals surface area contributed by atoms with Crippen LogP contribution in [0.3, 0.4) is 0 Å². The molecule has 0 radical (unpaired) electrons. The van der Waals surface area contributed by atoms with E-state index in [1.54, 1.807) is 12.1 Å². The third-order valence-corrected chi connectivity index (χ3v) is 1.59. The van der Waals surface area contributed by atoms with Crippen molar-refractivity contribution in [3.05, 3.63) is 23.3 Å². The summed E-state index contributed by atoms with van der Waals surface area (Å²) in [6, 6.07) is 5.86. The molecule has 0 fully saturated rings. The van der Waals surface area contributed by atoms with Crippen molar-refractivity contribution in [1.82, 2.24) is 0 Å². The Bertz CT molecular complexity index is 417. The molecule has 5 heteroatoms. The summed E-state index contributed by atoms with van der Waals surface area (Å²) in [6.07, 6.45) is 0. The highest BCUT2D eigenvalue weighted by Crippen LogP contribution is 2.27. The molecule has 0 aromatic heterocycles. The number of hydrogen-bond donors (Lipinski definition) is 1. The molecule has 13 heavy (non-hydrogen) atoms. The smallest absolute Gasteiger partial charge is 0.151 e. The Labute approximate surface area is 79.3 Å². The van der Waals surface area contributed by atoms with E-state index in [0.717, 1.165) is 6.07 Å². The minimum absolute atomic E-state index is 0.0261. The molecule has 1 aromatic rings. The molecule has 64 valence electrons. The molecule has 1 rings (SSSR count). The summed E-state index contributed by atoms with van der Waals surface area (Å²) in [5, 5.41) is 26.4. The van der Waals surface area contributed by atoms with Gasteiger partial charge in [0.05, 0.1) is 5.56 Å². The van der Waals surface area contributed by atoms with E-state index < -0.39 is 0 Å². The number of rotatable bonds is 1. The van der Waals surface area contributed by atoms with E-state index in [2.05, 4.69) is 4.29 Å². The van der Waals surface area contributed by atoms with Crippen LogP contribution in [0.15, 0.2) is 12.1 Å². The molecular weight excluding hydrogens is 192 g/mol. The number of phenolic OH excluding ortho intramolecular Hbond substituents is 1. The van der Waals surface area contributed by atoms with E-state index in [1.165, 1.54) is 6.07 Å². The maximum absolute atomic E-state index is 9.22. The molecule has 0 amide bonds. The van der Waals surface area contributed by atoms with Gasteiger partial charge in [-0.25, -0.2) is 0 Å². The zero-order chi connectivity index (χ0) is 9.84. The second-order valence-electron chi connectivity index (χ2n) is 2.17. The van der Waals surface area contributed by atoms with Gasteiger partial charge in [-0.1, -0.05) is 0 Å². The molecule has 4 nitrogen and oxygen atoms in total. The average Bonchev–Trinajstić information content (AvgIpc) is 2.16. The molecule has 0 aliphatic rings. The number of nitrogens with zero attached hydrogens (tertiary/aromatic N) is 2. The summed E-state index contributed by atoms with van der Waals surface area (Å²) in [7, 11) is 0. The zero-order valence-corrected chi connectivity index (χ0v) is 7.04. The lowest BCUT2D eigenvalue weighted by Gasteiger charge is -2.00. The summed E-state index contributed by atoms with van der Waals surface area (Å²) in [4.78, 5) is 0. The SMILES string of the molecule is N#Cc1cc(OCl)cc(O)c1C#N. The van der Waals surface area contributed by atoms with E-state index in [9.17, 15) is 5.11 Å². The van der Waals surface area contributed by atoms with Gasteiger partial charge in [0.2, 0.25) is 0 Å². The summed E-state index contributed by atoms with van der Waals surface area (Å²) in [5.74, 6) is -0.202. The largest absolute Gasteiger partial charge is 0.506 e. The highest BCUT2D eigenvalue weighted by molar-refractivity contribution is 6.09. The van der Waals surface area contributed by atoms with Crippen LogP contribution in [0.4, 0.5) is 0 Å². The molecule has 0 aliphatic heterocycles. The molecule has 0 unspecified atom stereocenters. The third-order valence-electron chi connectivity index (χ3n) is 1.41. The van der Waals surface area contributed by atoms with Gasteiger partial charge in [-0.05, 0) is 0 Å². The van der Waals surface area contributed by atoms with Gasteiger partial charge in [0.15, 0.2) is 5.75 Å². The Hall–Kier alpha value is -1.91. The Morgan fingerprint density at radius 2 is 2.00 bits per heavy atom. The summed E-state index contributed by atoms with van der Waals surface area (Å²) in [5.41, 5.74) is -0.0573. The number of benzene rings is 1. The van der Waals surface area contributed by atoms with E-state index in [0.29, 0.717) is 0 Å². The van der Waals surface area contributed by atoms with Crippen molar-refractivity contribution in [3.63, 3.8) is 0 Å². The predicted molar refractivity (Wildman–Crippen MR) is 44.0 cm³/mol. The van der Waals surface area contributed by atoms with Gasteiger partial charge >= 0.3 is 0 Å². The van der Waals surface area contributed by atoms with Crippen LogP contribution >= 0.6 is 11.9 Å². The van der Waals surface area contributed by atoms with Gasteiger partial charge in [-0.3, -0.25) is 0 Å². The van der Waals surface area contributed by atoms with Gasteiger partial charge in [0, 0.05) is 12.1 Å². The first kappa shape index (κ1) is 9.18. The van der Waals surface area contributed by atoms with Crippen LogP contribution < -0.4 is 4.29 Å². The van der Waals surface area contributed by atoms with Crippen LogP contribution in [-0.4, -0.2) is 5.11 Å². The summed E-state index contributed by atoms with van der Waals surface area (Å²) < 4.78 is 4.29. The number of nitriles is 2. The molecule has 0 bridgehead atoms.